The van der Waals surface area contributed by atoms with Gasteiger partial charge in [0.2, 0.25) is 5.91 Å². The molecule has 1 aromatic heterocycles. The standard InChI is InChI=1S/C14H16N2O2/c1-15(2)14(18)6-8-16-7-5-12-4-3-11(10-17)9-13(12)16/h3-5,7,9-10H,6,8H2,1-2H3. The average Bonchev–Trinajstić information content (AvgIpc) is 2.77. The molecule has 2 aromatic rings. The van der Waals surface area contributed by atoms with Crippen LogP contribution >= 0.6 is 0 Å². The monoisotopic (exact) mass is 244 g/mol. The highest BCUT2D eigenvalue weighted by molar-refractivity contribution is 5.87. The molecule has 1 amide bonds. The number of carbonyl (C=O) groups is 2. The first kappa shape index (κ1) is 12.4. The van der Waals surface area contributed by atoms with Gasteiger partial charge in [-0.15, -0.1) is 0 Å². The molecular formula is C14H16N2O2. The lowest BCUT2D eigenvalue weighted by atomic mass is 10.2. The number of fused-ring (bicyclic) bond motifs is 1. The SMILES string of the molecule is CN(C)C(=O)CCn1ccc2ccc(C=O)cc21. The first-order valence-corrected chi connectivity index (χ1v) is 5.86. The highest BCUT2D eigenvalue weighted by Crippen LogP contribution is 2.17. The lowest BCUT2D eigenvalue weighted by Gasteiger charge is -2.11. The first-order valence-electron chi connectivity index (χ1n) is 5.86. The Morgan fingerprint density at radius 1 is 1.33 bits per heavy atom. The zero-order valence-electron chi connectivity index (χ0n) is 10.6. The molecule has 18 heavy (non-hydrogen) atoms. The van der Waals surface area contributed by atoms with Gasteiger partial charge in [-0.25, -0.2) is 0 Å². The van der Waals surface area contributed by atoms with Crippen molar-refractivity contribution in [2.24, 2.45) is 0 Å². The Morgan fingerprint density at radius 2 is 2.11 bits per heavy atom. The molecule has 0 fully saturated rings. The van der Waals surface area contributed by atoms with Crippen LogP contribution in [0.25, 0.3) is 10.9 Å². The van der Waals surface area contributed by atoms with E-state index in [1.54, 1.807) is 25.1 Å². The van der Waals surface area contributed by atoms with Crippen molar-refractivity contribution in [3.8, 4) is 0 Å². The van der Waals surface area contributed by atoms with E-state index in [1.807, 2.05) is 29.0 Å². The minimum absolute atomic E-state index is 0.100. The third-order valence-corrected chi connectivity index (χ3v) is 3.00. The van der Waals surface area contributed by atoms with Crippen LogP contribution in [0.4, 0.5) is 0 Å². The molecule has 0 saturated heterocycles. The van der Waals surface area contributed by atoms with E-state index in [9.17, 15) is 9.59 Å². The van der Waals surface area contributed by atoms with Gasteiger partial charge < -0.3 is 9.47 Å². The van der Waals surface area contributed by atoms with E-state index in [-0.39, 0.29) is 5.91 Å². The summed E-state index contributed by atoms with van der Waals surface area (Å²) in [6, 6.07) is 7.56. The summed E-state index contributed by atoms with van der Waals surface area (Å²) < 4.78 is 2.00. The summed E-state index contributed by atoms with van der Waals surface area (Å²) in [4.78, 5) is 23.9. The number of nitrogens with zero attached hydrogens (tertiary/aromatic N) is 2. The summed E-state index contributed by atoms with van der Waals surface area (Å²) in [7, 11) is 3.50. The number of benzene rings is 1. The zero-order chi connectivity index (χ0) is 13.1. The van der Waals surface area contributed by atoms with Gasteiger partial charge in [0.05, 0.1) is 0 Å². The van der Waals surface area contributed by atoms with E-state index in [2.05, 4.69) is 0 Å². The Bertz CT molecular complexity index is 584. The largest absolute Gasteiger partial charge is 0.349 e. The van der Waals surface area contributed by atoms with Gasteiger partial charge in [-0.2, -0.15) is 0 Å². The van der Waals surface area contributed by atoms with Gasteiger partial charge in [0.1, 0.15) is 6.29 Å². The number of amides is 1. The number of hydrogen-bond acceptors (Lipinski definition) is 2. The Hall–Kier alpha value is -2.10. The molecular weight excluding hydrogens is 228 g/mol. The fraction of sp³-hybridized carbons (Fsp3) is 0.286. The van der Waals surface area contributed by atoms with E-state index in [0.29, 0.717) is 18.5 Å². The van der Waals surface area contributed by atoms with Gasteiger partial charge in [0, 0.05) is 44.3 Å². The van der Waals surface area contributed by atoms with E-state index in [1.165, 1.54) is 0 Å². The number of hydrogen-bond donors (Lipinski definition) is 0. The van der Waals surface area contributed by atoms with Crippen molar-refractivity contribution >= 4 is 23.1 Å². The van der Waals surface area contributed by atoms with Crippen molar-refractivity contribution in [1.82, 2.24) is 9.47 Å². The minimum Gasteiger partial charge on any atom is -0.349 e. The molecule has 0 aliphatic rings. The lowest BCUT2D eigenvalue weighted by molar-refractivity contribution is -0.128. The smallest absolute Gasteiger partial charge is 0.223 e. The molecule has 0 atom stereocenters. The molecule has 0 aliphatic heterocycles. The van der Waals surface area contributed by atoms with Crippen LogP contribution in [-0.2, 0) is 11.3 Å². The van der Waals surface area contributed by atoms with Crippen LogP contribution in [0.5, 0.6) is 0 Å². The maximum atomic E-state index is 11.6. The Labute approximate surface area is 106 Å². The minimum atomic E-state index is 0.100. The topological polar surface area (TPSA) is 42.3 Å². The third kappa shape index (κ3) is 2.42. The van der Waals surface area contributed by atoms with Crippen LogP contribution in [0.15, 0.2) is 30.5 Å². The molecule has 0 unspecified atom stereocenters. The van der Waals surface area contributed by atoms with Gasteiger partial charge in [0.15, 0.2) is 0 Å². The molecule has 94 valence electrons. The summed E-state index contributed by atoms with van der Waals surface area (Å²) in [5, 5.41) is 1.08. The quantitative estimate of drug-likeness (QED) is 0.771. The van der Waals surface area contributed by atoms with Crippen molar-refractivity contribution in [2.75, 3.05) is 14.1 Å². The van der Waals surface area contributed by atoms with Crippen molar-refractivity contribution in [2.45, 2.75) is 13.0 Å². The molecule has 4 heteroatoms. The molecule has 1 aromatic carbocycles. The van der Waals surface area contributed by atoms with Crippen molar-refractivity contribution in [3.05, 3.63) is 36.0 Å². The summed E-state index contributed by atoms with van der Waals surface area (Å²) in [5.74, 6) is 0.100. The van der Waals surface area contributed by atoms with Crippen LogP contribution in [-0.4, -0.2) is 35.8 Å². The summed E-state index contributed by atoms with van der Waals surface area (Å²) in [6.45, 7) is 0.628. The Kier molecular flexibility index (Phi) is 3.46. The predicted molar refractivity (Wildman–Crippen MR) is 70.6 cm³/mol. The van der Waals surface area contributed by atoms with Crippen LogP contribution in [0, 0.1) is 0 Å². The van der Waals surface area contributed by atoms with Gasteiger partial charge in [-0.05, 0) is 17.5 Å². The van der Waals surface area contributed by atoms with Crippen LogP contribution in [0.1, 0.15) is 16.8 Å². The summed E-state index contributed by atoms with van der Waals surface area (Å²) >= 11 is 0. The number of carbonyl (C=O) groups excluding carboxylic acids is 2. The molecule has 0 spiro atoms. The first-order chi connectivity index (χ1) is 8.61. The van der Waals surface area contributed by atoms with Gasteiger partial charge in [0.25, 0.3) is 0 Å². The van der Waals surface area contributed by atoms with Crippen LogP contribution in [0.2, 0.25) is 0 Å². The van der Waals surface area contributed by atoms with Crippen molar-refractivity contribution in [3.63, 3.8) is 0 Å². The molecule has 0 saturated carbocycles. The number of aromatic nitrogens is 1. The van der Waals surface area contributed by atoms with Crippen LogP contribution in [0.3, 0.4) is 0 Å². The van der Waals surface area contributed by atoms with E-state index < -0.39 is 0 Å². The number of aldehydes is 1. The maximum Gasteiger partial charge on any atom is 0.223 e. The zero-order valence-corrected chi connectivity index (χ0v) is 10.6. The Balaban J connectivity index is 2.23. The maximum absolute atomic E-state index is 11.6. The molecule has 0 aliphatic carbocycles. The van der Waals surface area contributed by atoms with E-state index in [0.717, 1.165) is 17.2 Å². The molecule has 0 radical (unpaired) electrons. The lowest BCUT2D eigenvalue weighted by Crippen LogP contribution is -2.22. The predicted octanol–water partition coefficient (Wildman–Crippen LogP) is 1.93. The Morgan fingerprint density at radius 3 is 2.78 bits per heavy atom. The summed E-state index contributed by atoms with van der Waals surface area (Å²) in [6.07, 6.45) is 3.24. The molecule has 2 rings (SSSR count). The molecule has 1 heterocycles. The third-order valence-electron chi connectivity index (χ3n) is 3.00. The van der Waals surface area contributed by atoms with Crippen LogP contribution < -0.4 is 0 Å². The van der Waals surface area contributed by atoms with Gasteiger partial charge in [-0.3, -0.25) is 9.59 Å². The van der Waals surface area contributed by atoms with Gasteiger partial charge >= 0.3 is 0 Å². The highest BCUT2D eigenvalue weighted by Gasteiger charge is 2.06. The number of rotatable bonds is 4. The van der Waals surface area contributed by atoms with Gasteiger partial charge in [-0.1, -0.05) is 12.1 Å². The normalized spacial score (nSPS) is 10.6. The molecule has 0 bridgehead atoms. The van der Waals surface area contributed by atoms with Crippen molar-refractivity contribution in [1.29, 1.82) is 0 Å². The second-order valence-corrected chi connectivity index (χ2v) is 4.48. The van der Waals surface area contributed by atoms with E-state index in [4.69, 9.17) is 0 Å². The summed E-state index contributed by atoms with van der Waals surface area (Å²) in [5.41, 5.74) is 1.65. The fourth-order valence-corrected chi connectivity index (χ4v) is 1.91. The average molecular weight is 244 g/mol. The second kappa shape index (κ2) is 5.04. The molecule has 0 N–H and O–H groups in total. The molecule has 4 nitrogen and oxygen atoms in total. The number of aryl methyl sites for hydroxylation is 1. The second-order valence-electron chi connectivity index (χ2n) is 4.48. The van der Waals surface area contributed by atoms with Crippen molar-refractivity contribution < 1.29 is 9.59 Å². The van der Waals surface area contributed by atoms with E-state index >= 15 is 0 Å². The highest BCUT2D eigenvalue weighted by atomic mass is 16.2. The fourth-order valence-electron chi connectivity index (χ4n) is 1.91.